The van der Waals surface area contributed by atoms with E-state index in [2.05, 4.69) is 5.32 Å². The lowest BCUT2D eigenvalue weighted by Crippen LogP contribution is -2.39. The van der Waals surface area contributed by atoms with Gasteiger partial charge in [-0.25, -0.2) is 4.79 Å². The first kappa shape index (κ1) is 18.3. The van der Waals surface area contributed by atoms with Crippen molar-refractivity contribution in [3.8, 4) is 0 Å². The fourth-order valence-electron chi connectivity index (χ4n) is 2.02. The van der Waals surface area contributed by atoms with Crippen LogP contribution in [-0.4, -0.2) is 27.3 Å². The number of para-hydroxylation sites is 1. The second kappa shape index (κ2) is 7.70. The zero-order valence-corrected chi connectivity index (χ0v) is 13.2. The number of carbonyl (C=O) groups is 3. The van der Waals surface area contributed by atoms with Crippen LogP contribution in [-0.2, 0) is 11.3 Å². The van der Waals surface area contributed by atoms with Crippen molar-refractivity contribution in [3.63, 3.8) is 0 Å². The van der Waals surface area contributed by atoms with Gasteiger partial charge in [-0.2, -0.15) is 0 Å². The Labute approximate surface area is 145 Å². The average molecular weight is 359 g/mol. The summed E-state index contributed by atoms with van der Waals surface area (Å²) in [6.45, 7) is -0.719. The first-order valence-corrected chi connectivity index (χ1v) is 7.12. The number of amides is 4. The Hall–Kier alpha value is -4.02. The summed E-state index contributed by atoms with van der Waals surface area (Å²) >= 11 is 0. The number of aromatic nitrogens is 1. The van der Waals surface area contributed by atoms with Gasteiger partial charge < -0.3 is 11.1 Å². The molecule has 134 valence electrons. The van der Waals surface area contributed by atoms with Crippen molar-refractivity contribution in [2.45, 2.75) is 6.54 Å². The van der Waals surface area contributed by atoms with Crippen molar-refractivity contribution in [1.82, 2.24) is 9.88 Å². The number of pyridine rings is 1. The summed E-state index contributed by atoms with van der Waals surface area (Å²) in [6.07, 6.45) is 0.781. The molecule has 2 rings (SSSR count). The average Bonchev–Trinajstić information content (AvgIpc) is 2.56. The van der Waals surface area contributed by atoms with Crippen LogP contribution in [0.15, 0.2) is 47.4 Å². The van der Waals surface area contributed by atoms with Crippen LogP contribution in [0, 0.1) is 10.1 Å². The second-order valence-corrected chi connectivity index (χ2v) is 5.03. The van der Waals surface area contributed by atoms with Crippen LogP contribution in [0.3, 0.4) is 0 Å². The van der Waals surface area contributed by atoms with Crippen LogP contribution in [0.4, 0.5) is 16.2 Å². The van der Waals surface area contributed by atoms with Crippen LogP contribution in [0.25, 0.3) is 0 Å². The predicted octanol–water partition coefficient (Wildman–Crippen LogP) is 0.204. The largest absolute Gasteiger partial charge is 0.365 e. The van der Waals surface area contributed by atoms with Gasteiger partial charge in [0.2, 0.25) is 5.91 Å². The molecule has 0 fully saturated rings. The fraction of sp³-hybridized carbons (Fsp3) is 0.0667. The van der Waals surface area contributed by atoms with Gasteiger partial charge >= 0.3 is 6.03 Å². The van der Waals surface area contributed by atoms with Crippen LogP contribution < -0.4 is 21.9 Å². The molecule has 0 saturated heterocycles. The Morgan fingerprint density at radius 3 is 2.42 bits per heavy atom. The molecule has 0 saturated carbocycles. The molecule has 11 heteroatoms. The number of nitrogens with one attached hydrogen (secondary N) is 2. The normalized spacial score (nSPS) is 10.0. The summed E-state index contributed by atoms with van der Waals surface area (Å²) in [7, 11) is 0. The summed E-state index contributed by atoms with van der Waals surface area (Å²) in [5.41, 5.74) is 3.22. The number of urea groups is 1. The highest BCUT2D eigenvalue weighted by Gasteiger charge is 2.19. The first-order chi connectivity index (χ1) is 12.3. The second-order valence-electron chi connectivity index (χ2n) is 5.03. The van der Waals surface area contributed by atoms with E-state index in [1.165, 1.54) is 0 Å². The Kier molecular flexibility index (Phi) is 5.43. The predicted molar refractivity (Wildman–Crippen MR) is 89.5 cm³/mol. The number of rotatable bonds is 5. The molecule has 1 aromatic heterocycles. The Morgan fingerprint density at radius 1 is 1.19 bits per heavy atom. The standard InChI is InChI=1S/C15H13N5O6/c16-13(22)11-6-10(20(25)26)7-19(14(11)23)8-12(21)18-15(24)17-9-4-2-1-3-5-9/h1-7H,8H2,(H2,16,22)(H2,17,18,21,24). The number of nitrogens with zero attached hydrogens (tertiary/aromatic N) is 2. The summed E-state index contributed by atoms with van der Waals surface area (Å²) in [5, 5.41) is 15.2. The molecule has 0 spiro atoms. The first-order valence-electron chi connectivity index (χ1n) is 7.12. The Balaban J connectivity index is 2.15. The molecule has 0 unspecified atom stereocenters. The molecule has 0 aliphatic heterocycles. The third kappa shape index (κ3) is 4.50. The molecular formula is C15H13N5O6. The van der Waals surface area contributed by atoms with E-state index in [-0.39, 0.29) is 0 Å². The van der Waals surface area contributed by atoms with Gasteiger partial charge in [-0.15, -0.1) is 0 Å². The quantitative estimate of drug-likeness (QED) is 0.509. The lowest BCUT2D eigenvalue weighted by Gasteiger charge is -2.09. The fourth-order valence-corrected chi connectivity index (χ4v) is 2.02. The third-order valence-electron chi connectivity index (χ3n) is 3.15. The van der Waals surface area contributed by atoms with Gasteiger partial charge in [0.1, 0.15) is 12.1 Å². The van der Waals surface area contributed by atoms with Crippen molar-refractivity contribution < 1.29 is 19.3 Å². The number of nitro groups is 1. The van der Waals surface area contributed by atoms with Crippen molar-refractivity contribution in [1.29, 1.82) is 0 Å². The molecule has 4 amide bonds. The van der Waals surface area contributed by atoms with Crippen LogP contribution in [0.2, 0.25) is 0 Å². The van der Waals surface area contributed by atoms with Crippen molar-refractivity contribution in [2.75, 3.05) is 5.32 Å². The minimum Gasteiger partial charge on any atom is -0.365 e. The Bertz CT molecular complexity index is 937. The molecule has 0 aliphatic rings. The van der Waals surface area contributed by atoms with E-state index < -0.39 is 46.1 Å². The molecule has 2 aromatic rings. The highest BCUT2D eigenvalue weighted by molar-refractivity contribution is 6.01. The zero-order valence-electron chi connectivity index (χ0n) is 13.2. The third-order valence-corrected chi connectivity index (χ3v) is 3.15. The molecule has 0 radical (unpaired) electrons. The molecule has 1 aromatic carbocycles. The highest BCUT2D eigenvalue weighted by atomic mass is 16.6. The topological polar surface area (TPSA) is 166 Å². The van der Waals surface area contributed by atoms with Crippen LogP contribution >= 0.6 is 0 Å². The van der Waals surface area contributed by atoms with Gasteiger partial charge in [-0.05, 0) is 12.1 Å². The summed E-state index contributed by atoms with van der Waals surface area (Å²) in [5.74, 6) is -2.09. The van der Waals surface area contributed by atoms with Crippen molar-refractivity contribution in [2.24, 2.45) is 5.73 Å². The van der Waals surface area contributed by atoms with Crippen LogP contribution in [0.5, 0.6) is 0 Å². The molecule has 4 N–H and O–H groups in total. The van der Waals surface area contributed by atoms with Crippen molar-refractivity contribution in [3.05, 3.63) is 68.6 Å². The summed E-state index contributed by atoms with van der Waals surface area (Å²) in [4.78, 5) is 57.0. The number of nitrogens with two attached hydrogens (primary N) is 1. The van der Waals surface area contributed by atoms with Crippen molar-refractivity contribution >= 4 is 29.2 Å². The minimum absolute atomic E-state index is 0.432. The van der Waals surface area contributed by atoms with Gasteiger partial charge in [0.05, 0.1) is 11.1 Å². The molecule has 11 nitrogen and oxygen atoms in total. The maximum Gasteiger partial charge on any atom is 0.325 e. The molecule has 0 aliphatic carbocycles. The maximum absolute atomic E-state index is 12.1. The number of primary amides is 1. The molecular weight excluding hydrogens is 346 g/mol. The van der Waals surface area contributed by atoms with Crippen LogP contribution in [0.1, 0.15) is 10.4 Å². The molecule has 26 heavy (non-hydrogen) atoms. The SMILES string of the molecule is NC(=O)c1cc([N+](=O)[O-])cn(CC(=O)NC(=O)Nc2ccccc2)c1=O. The van der Waals surface area contributed by atoms with Gasteiger partial charge in [0, 0.05) is 11.8 Å². The van der Waals surface area contributed by atoms with E-state index in [4.69, 9.17) is 5.73 Å². The number of carbonyl (C=O) groups excluding carboxylic acids is 3. The summed E-state index contributed by atoms with van der Waals surface area (Å²) < 4.78 is 0.628. The van der Waals surface area contributed by atoms with Gasteiger partial charge in [-0.1, -0.05) is 18.2 Å². The van der Waals surface area contributed by atoms with E-state index in [0.717, 1.165) is 12.3 Å². The number of hydrogen-bond acceptors (Lipinski definition) is 6. The minimum atomic E-state index is -1.17. The maximum atomic E-state index is 12.1. The molecule has 0 atom stereocenters. The van der Waals surface area contributed by atoms with E-state index in [1.807, 2.05) is 5.32 Å². The van der Waals surface area contributed by atoms with E-state index in [1.54, 1.807) is 30.3 Å². The molecule has 0 bridgehead atoms. The van der Waals surface area contributed by atoms with Gasteiger partial charge in [-0.3, -0.25) is 34.4 Å². The smallest absolute Gasteiger partial charge is 0.325 e. The van der Waals surface area contributed by atoms with E-state index in [0.29, 0.717) is 10.3 Å². The van der Waals surface area contributed by atoms with Gasteiger partial charge in [0.25, 0.3) is 17.2 Å². The summed E-state index contributed by atoms with van der Waals surface area (Å²) in [6, 6.07) is 8.13. The Morgan fingerprint density at radius 2 is 1.85 bits per heavy atom. The zero-order chi connectivity index (χ0) is 19.3. The van der Waals surface area contributed by atoms with E-state index in [9.17, 15) is 29.3 Å². The highest BCUT2D eigenvalue weighted by Crippen LogP contribution is 2.10. The number of imide groups is 1. The lowest BCUT2D eigenvalue weighted by molar-refractivity contribution is -0.385. The van der Waals surface area contributed by atoms with E-state index >= 15 is 0 Å². The number of anilines is 1. The number of hydrogen-bond donors (Lipinski definition) is 3. The molecule has 1 heterocycles. The van der Waals surface area contributed by atoms with Gasteiger partial charge in [0.15, 0.2) is 0 Å². The lowest BCUT2D eigenvalue weighted by atomic mass is 10.2. The number of benzene rings is 1. The monoisotopic (exact) mass is 359 g/mol.